The summed E-state index contributed by atoms with van der Waals surface area (Å²) >= 11 is 0. The summed E-state index contributed by atoms with van der Waals surface area (Å²) < 4.78 is 12.8. The fourth-order valence-electron chi connectivity index (χ4n) is 3.33. The monoisotopic (exact) mass is 444 g/mol. The lowest BCUT2D eigenvalue weighted by Crippen LogP contribution is -2.50. The van der Waals surface area contributed by atoms with Gasteiger partial charge in [-0.05, 0) is 49.1 Å². The highest BCUT2D eigenvalue weighted by Crippen LogP contribution is 2.40. The van der Waals surface area contributed by atoms with Gasteiger partial charge in [-0.25, -0.2) is 0 Å². The summed E-state index contributed by atoms with van der Waals surface area (Å²) in [5, 5.41) is 11.4. The SMILES string of the molecule is CC(C)(C)[Si](C)(C)OCCC(=O)[C@@H]1CCCCC[C@H](O[Si](C)(C)C(C)(C)C)[C@@H]1O. The van der Waals surface area contributed by atoms with Crippen molar-refractivity contribution in [1.29, 1.82) is 0 Å². The molecule has 0 spiro atoms. The van der Waals surface area contributed by atoms with E-state index in [4.69, 9.17) is 8.85 Å². The van der Waals surface area contributed by atoms with E-state index < -0.39 is 22.7 Å². The van der Waals surface area contributed by atoms with Gasteiger partial charge in [-0.1, -0.05) is 60.8 Å². The molecule has 0 aromatic carbocycles. The molecule has 0 saturated heterocycles. The number of hydrogen-bond donors (Lipinski definition) is 1. The van der Waals surface area contributed by atoms with Gasteiger partial charge in [-0.15, -0.1) is 0 Å². The van der Waals surface area contributed by atoms with E-state index in [-0.39, 0.29) is 27.9 Å². The van der Waals surface area contributed by atoms with Crippen molar-refractivity contribution in [2.75, 3.05) is 6.61 Å². The van der Waals surface area contributed by atoms with Crippen molar-refractivity contribution in [2.24, 2.45) is 5.92 Å². The van der Waals surface area contributed by atoms with Crippen LogP contribution in [0.15, 0.2) is 0 Å². The highest BCUT2D eigenvalue weighted by Gasteiger charge is 2.43. The number of rotatable bonds is 7. The molecule has 1 rings (SSSR count). The van der Waals surface area contributed by atoms with Gasteiger partial charge in [0.05, 0.1) is 12.2 Å². The molecule has 1 fully saturated rings. The van der Waals surface area contributed by atoms with Crippen LogP contribution in [0.3, 0.4) is 0 Å². The first-order valence-electron chi connectivity index (χ1n) is 11.5. The second kappa shape index (κ2) is 10.1. The van der Waals surface area contributed by atoms with Crippen molar-refractivity contribution >= 4 is 22.4 Å². The molecule has 0 radical (unpaired) electrons. The first-order valence-corrected chi connectivity index (χ1v) is 17.3. The Morgan fingerprint density at radius 2 is 1.41 bits per heavy atom. The Bertz CT molecular complexity index is 532. The minimum absolute atomic E-state index is 0.0889. The summed E-state index contributed by atoms with van der Waals surface area (Å²) in [6.07, 6.45) is 4.23. The Morgan fingerprint density at radius 3 is 1.93 bits per heavy atom. The van der Waals surface area contributed by atoms with Crippen molar-refractivity contribution in [3.63, 3.8) is 0 Å². The molecule has 4 nitrogen and oxygen atoms in total. The van der Waals surface area contributed by atoms with Gasteiger partial charge >= 0.3 is 0 Å². The third-order valence-corrected chi connectivity index (χ3v) is 16.6. The van der Waals surface area contributed by atoms with E-state index in [0.717, 1.165) is 32.1 Å². The first-order chi connectivity index (χ1) is 13.0. The van der Waals surface area contributed by atoms with Gasteiger partial charge in [-0.2, -0.15) is 0 Å². The first kappa shape index (κ1) is 27.0. The Hall–Kier alpha value is -0.0162. The lowest BCUT2D eigenvalue weighted by atomic mass is 9.83. The highest BCUT2D eigenvalue weighted by atomic mass is 28.4. The molecule has 0 aromatic heterocycles. The van der Waals surface area contributed by atoms with Crippen LogP contribution in [0, 0.1) is 5.92 Å². The molecule has 1 N–H and O–H groups in total. The number of ketones is 1. The van der Waals surface area contributed by atoms with Crippen molar-refractivity contribution in [2.45, 2.75) is 129 Å². The molecular formula is C23H48O4Si2. The third kappa shape index (κ3) is 7.56. The molecule has 3 atom stereocenters. The maximum absolute atomic E-state index is 13.0. The van der Waals surface area contributed by atoms with E-state index in [0.29, 0.717) is 13.0 Å². The van der Waals surface area contributed by atoms with Gasteiger partial charge < -0.3 is 14.0 Å². The molecule has 172 valence electrons. The van der Waals surface area contributed by atoms with Gasteiger partial charge in [0.2, 0.25) is 0 Å². The number of Topliss-reactive ketones (excluding diaryl/α,β-unsaturated/α-hetero) is 1. The smallest absolute Gasteiger partial charge is 0.192 e. The zero-order valence-corrected chi connectivity index (χ0v) is 22.9. The maximum atomic E-state index is 13.0. The van der Waals surface area contributed by atoms with Crippen LogP contribution in [0.25, 0.3) is 0 Å². The Morgan fingerprint density at radius 1 is 0.897 bits per heavy atom. The molecule has 0 amide bonds. The Labute approximate surface area is 182 Å². The molecule has 0 bridgehead atoms. The lowest BCUT2D eigenvalue weighted by Gasteiger charge is -2.42. The van der Waals surface area contributed by atoms with Crippen LogP contribution in [0.4, 0.5) is 0 Å². The van der Waals surface area contributed by atoms with E-state index in [1.165, 1.54) is 0 Å². The number of aliphatic hydroxyl groups excluding tert-OH is 1. The zero-order valence-electron chi connectivity index (χ0n) is 20.9. The number of aliphatic hydroxyl groups is 1. The minimum atomic E-state index is -2.00. The standard InChI is InChI=1S/C23H48O4Si2/c1-22(2,3)28(7,8)26-17-16-19(24)18-14-12-11-13-15-20(21(18)25)27-29(9,10)23(4,5)6/h18,20-21,25H,11-17H2,1-10H3/t18-,20-,21+/m0/s1. The van der Waals surface area contributed by atoms with Crippen LogP contribution in [-0.2, 0) is 13.6 Å². The molecule has 1 saturated carbocycles. The van der Waals surface area contributed by atoms with Crippen LogP contribution >= 0.6 is 0 Å². The van der Waals surface area contributed by atoms with E-state index in [2.05, 4.69) is 67.7 Å². The molecule has 29 heavy (non-hydrogen) atoms. The van der Waals surface area contributed by atoms with Crippen LogP contribution in [-0.4, -0.2) is 46.3 Å². The van der Waals surface area contributed by atoms with Gasteiger partial charge in [0.25, 0.3) is 0 Å². The molecular weight excluding hydrogens is 396 g/mol. The summed E-state index contributed by atoms with van der Waals surface area (Å²) in [5.41, 5.74) is 0. The summed E-state index contributed by atoms with van der Waals surface area (Å²) in [6, 6.07) is 0. The van der Waals surface area contributed by atoms with E-state index >= 15 is 0 Å². The number of carbonyl (C=O) groups is 1. The number of hydrogen-bond acceptors (Lipinski definition) is 4. The van der Waals surface area contributed by atoms with Crippen molar-refractivity contribution < 1.29 is 18.8 Å². The Balaban J connectivity index is 2.81. The highest BCUT2D eigenvalue weighted by molar-refractivity contribution is 6.74. The largest absolute Gasteiger partial charge is 0.416 e. The Kier molecular flexibility index (Phi) is 9.38. The quantitative estimate of drug-likeness (QED) is 0.468. The molecule has 1 aliphatic carbocycles. The average Bonchev–Trinajstić information content (AvgIpc) is 2.52. The summed E-state index contributed by atoms with van der Waals surface area (Å²) in [4.78, 5) is 13.0. The van der Waals surface area contributed by atoms with Crippen molar-refractivity contribution in [3.8, 4) is 0 Å². The normalized spacial score (nSPS) is 25.4. The van der Waals surface area contributed by atoms with E-state index in [9.17, 15) is 9.90 Å². The van der Waals surface area contributed by atoms with Crippen LogP contribution in [0.2, 0.25) is 36.3 Å². The zero-order chi connectivity index (χ0) is 22.7. The van der Waals surface area contributed by atoms with Crippen LogP contribution in [0.1, 0.15) is 80.1 Å². The predicted molar refractivity (Wildman–Crippen MR) is 127 cm³/mol. The van der Waals surface area contributed by atoms with Crippen LogP contribution in [0.5, 0.6) is 0 Å². The lowest BCUT2D eigenvalue weighted by molar-refractivity contribution is -0.131. The maximum Gasteiger partial charge on any atom is 0.192 e. The molecule has 0 heterocycles. The fraction of sp³-hybridized carbons (Fsp3) is 0.957. The molecule has 0 unspecified atom stereocenters. The fourth-order valence-corrected chi connectivity index (χ4v) is 5.74. The molecule has 0 aromatic rings. The van der Waals surface area contributed by atoms with Crippen LogP contribution < -0.4 is 0 Å². The van der Waals surface area contributed by atoms with Crippen molar-refractivity contribution in [3.05, 3.63) is 0 Å². The predicted octanol–water partition coefficient (Wildman–Crippen LogP) is 6.30. The molecule has 1 aliphatic rings. The summed E-state index contributed by atoms with van der Waals surface area (Å²) in [5.74, 6) is -0.185. The second-order valence-corrected chi connectivity index (χ2v) is 21.5. The summed E-state index contributed by atoms with van der Waals surface area (Å²) in [7, 11) is -3.86. The topological polar surface area (TPSA) is 55.8 Å². The summed E-state index contributed by atoms with van der Waals surface area (Å²) in [6.45, 7) is 22.6. The molecule has 6 heteroatoms. The minimum Gasteiger partial charge on any atom is -0.416 e. The van der Waals surface area contributed by atoms with E-state index in [1.807, 2.05) is 0 Å². The second-order valence-electron chi connectivity index (χ2n) is 12.0. The van der Waals surface area contributed by atoms with Gasteiger partial charge in [0.15, 0.2) is 16.6 Å². The third-order valence-electron chi connectivity index (χ3n) is 7.58. The van der Waals surface area contributed by atoms with Gasteiger partial charge in [-0.3, -0.25) is 4.79 Å². The van der Waals surface area contributed by atoms with Gasteiger partial charge in [0.1, 0.15) is 5.78 Å². The number of carbonyl (C=O) groups excluding carboxylic acids is 1. The molecule has 0 aliphatic heterocycles. The van der Waals surface area contributed by atoms with Gasteiger partial charge in [0, 0.05) is 18.9 Å². The van der Waals surface area contributed by atoms with E-state index in [1.54, 1.807) is 0 Å². The average molecular weight is 445 g/mol. The van der Waals surface area contributed by atoms with Crippen molar-refractivity contribution in [1.82, 2.24) is 0 Å².